The smallest absolute Gasteiger partial charge is 0.142 e. The van der Waals surface area contributed by atoms with E-state index in [2.05, 4.69) is 16.5 Å². The number of benzene rings is 2. The van der Waals surface area contributed by atoms with Gasteiger partial charge in [-0.25, -0.2) is 4.98 Å². The fraction of sp³-hybridized carbons (Fsp3) is 0.500. The Morgan fingerprint density at radius 1 is 0.735 bits per heavy atom. The molecule has 1 heterocycles. The molecule has 0 amide bonds. The first-order valence-corrected chi connectivity index (χ1v) is 13.3. The molecule has 0 saturated heterocycles. The molecular weight excluding hydrogens is 420 g/mol. The average molecular weight is 463 g/mol. The minimum Gasteiger partial charge on any atom is -0.457 e. The number of hydrogen-bond donors (Lipinski definition) is 1. The van der Waals surface area contributed by atoms with Gasteiger partial charge in [0.1, 0.15) is 23.4 Å². The third-order valence-electron chi connectivity index (χ3n) is 6.42. The third kappa shape index (κ3) is 8.98. The second-order valence-corrected chi connectivity index (χ2v) is 9.25. The van der Waals surface area contributed by atoms with Gasteiger partial charge in [0.05, 0.1) is 0 Å². The van der Waals surface area contributed by atoms with Crippen molar-refractivity contribution in [3.05, 3.63) is 78.4 Å². The number of rotatable bonds is 17. The van der Waals surface area contributed by atoms with Crippen molar-refractivity contribution < 1.29 is 9.84 Å². The van der Waals surface area contributed by atoms with Crippen molar-refractivity contribution in [2.75, 3.05) is 0 Å². The van der Waals surface area contributed by atoms with Crippen LogP contribution in [0.2, 0.25) is 0 Å². The van der Waals surface area contributed by atoms with E-state index in [1.807, 2.05) is 60.8 Å². The highest BCUT2D eigenvalue weighted by Crippen LogP contribution is 2.26. The molecule has 1 N–H and O–H groups in total. The van der Waals surface area contributed by atoms with E-state index in [1.54, 1.807) is 6.20 Å². The molecular formula is C30H42N2O2. The molecule has 0 radical (unpaired) electrons. The van der Waals surface area contributed by atoms with Gasteiger partial charge in [-0.2, -0.15) is 0 Å². The maximum Gasteiger partial charge on any atom is 0.142 e. The van der Waals surface area contributed by atoms with E-state index < -0.39 is 6.10 Å². The molecule has 1 aromatic heterocycles. The fourth-order valence-corrected chi connectivity index (χ4v) is 4.37. The van der Waals surface area contributed by atoms with Crippen LogP contribution in [0.15, 0.2) is 67.0 Å². The summed E-state index contributed by atoms with van der Waals surface area (Å²) in [5.41, 5.74) is 0.822. The number of imidazole rings is 1. The van der Waals surface area contributed by atoms with E-state index in [4.69, 9.17) is 4.74 Å². The first-order valence-electron chi connectivity index (χ1n) is 13.3. The summed E-state index contributed by atoms with van der Waals surface area (Å²) >= 11 is 0. The van der Waals surface area contributed by atoms with Crippen LogP contribution in [0.25, 0.3) is 0 Å². The van der Waals surface area contributed by atoms with Crippen LogP contribution in [0.1, 0.15) is 101 Å². The van der Waals surface area contributed by atoms with Crippen molar-refractivity contribution >= 4 is 0 Å². The Morgan fingerprint density at radius 3 is 1.91 bits per heavy atom. The van der Waals surface area contributed by atoms with Gasteiger partial charge in [0.25, 0.3) is 0 Å². The van der Waals surface area contributed by atoms with Gasteiger partial charge in [-0.3, -0.25) is 0 Å². The molecule has 0 spiro atoms. The lowest BCUT2D eigenvalue weighted by atomic mass is 10.1. The Morgan fingerprint density at radius 2 is 1.29 bits per heavy atom. The molecule has 0 bridgehead atoms. The van der Waals surface area contributed by atoms with E-state index in [9.17, 15) is 5.11 Å². The first-order chi connectivity index (χ1) is 16.8. The minimum absolute atomic E-state index is 0.708. The van der Waals surface area contributed by atoms with Crippen LogP contribution in [-0.4, -0.2) is 14.7 Å². The first kappa shape index (κ1) is 26.0. The summed E-state index contributed by atoms with van der Waals surface area (Å²) in [6.45, 7) is 3.18. The van der Waals surface area contributed by atoms with Crippen LogP contribution >= 0.6 is 0 Å². The predicted octanol–water partition coefficient (Wildman–Crippen LogP) is 8.46. The van der Waals surface area contributed by atoms with E-state index in [0.29, 0.717) is 5.82 Å². The standard InChI is InChI=1S/C30H42N2O2/c1-2-3-4-5-6-7-8-9-10-11-12-16-24-32-25-23-31-30(32)29(33)26-19-21-28(22-20-26)34-27-17-14-13-15-18-27/h13-15,17-23,25,29,33H,2-12,16,24H2,1H3. The molecule has 1 atom stereocenters. The van der Waals surface area contributed by atoms with Gasteiger partial charge < -0.3 is 14.4 Å². The number of aromatic nitrogens is 2. The molecule has 4 heteroatoms. The molecule has 0 aliphatic carbocycles. The summed E-state index contributed by atoms with van der Waals surface area (Å²) < 4.78 is 7.94. The lowest BCUT2D eigenvalue weighted by Crippen LogP contribution is -2.10. The Hall–Kier alpha value is -2.59. The summed E-state index contributed by atoms with van der Waals surface area (Å²) in [5, 5.41) is 10.9. The molecule has 2 aromatic carbocycles. The second-order valence-electron chi connectivity index (χ2n) is 9.25. The number of hydrogen-bond acceptors (Lipinski definition) is 3. The largest absolute Gasteiger partial charge is 0.457 e. The average Bonchev–Trinajstić information content (AvgIpc) is 3.34. The van der Waals surface area contributed by atoms with Crippen LogP contribution < -0.4 is 4.74 Å². The van der Waals surface area contributed by atoms with E-state index in [0.717, 1.165) is 30.0 Å². The number of para-hydroxylation sites is 1. The molecule has 1 unspecified atom stereocenters. The van der Waals surface area contributed by atoms with Crippen LogP contribution in [0.4, 0.5) is 0 Å². The lowest BCUT2D eigenvalue weighted by molar-refractivity contribution is 0.204. The SMILES string of the molecule is CCCCCCCCCCCCCCn1ccnc1C(O)c1ccc(Oc2ccccc2)cc1. The van der Waals surface area contributed by atoms with Gasteiger partial charge in [-0.1, -0.05) is 108 Å². The van der Waals surface area contributed by atoms with Gasteiger partial charge in [0.2, 0.25) is 0 Å². The Kier molecular flexibility index (Phi) is 11.7. The maximum absolute atomic E-state index is 10.9. The number of aryl methyl sites for hydroxylation is 1. The Labute approximate surface area is 206 Å². The summed E-state index contributed by atoms with van der Waals surface area (Å²) in [6.07, 6.45) is 19.1. The quantitative estimate of drug-likeness (QED) is 0.205. The monoisotopic (exact) mass is 462 g/mol. The second kappa shape index (κ2) is 15.3. The summed E-state index contributed by atoms with van der Waals surface area (Å²) in [4.78, 5) is 4.44. The zero-order valence-corrected chi connectivity index (χ0v) is 20.9. The summed E-state index contributed by atoms with van der Waals surface area (Å²) in [6, 6.07) is 17.3. The van der Waals surface area contributed by atoms with Crippen molar-refractivity contribution in [3.63, 3.8) is 0 Å². The molecule has 0 aliphatic rings. The van der Waals surface area contributed by atoms with Crippen LogP contribution in [0, 0.1) is 0 Å². The number of ether oxygens (including phenoxy) is 1. The van der Waals surface area contributed by atoms with Crippen LogP contribution in [0.5, 0.6) is 11.5 Å². The minimum atomic E-state index is -0.738. The number of aliphatic hydroxyl groups excluding tert-OH is 1. The topological polar surface area (TPSA) is 47.3 Å². The predicted molar refractivity (Wildman–Crippen MR) is 140 cm³/mol. The normalized spacial score (nSPS) is 12.1. The Bertz CT molecular complexity index is 905. The third-order valence-corrected chi connectivity index (χ3v) is 6.42. The van der Waals surface area contributed by atoms with Gasteiger partial charge in [0.15, 0.2) is 0 Å². The highest BCUT2D eigenvalue weighted by molar-refractivity contribution is 5.34. The summed E-state index contributed by atoms with van der Waals surface area (Å²) in [5.74, 6) is 2.26. The van der Waals surface area contributed by atoms with Crippen molar-refractivity contribution in [3.8, 4) is 11.5 Å². The van der Waals surface area contributed by atoms with Crippen molar-refractivity contribution in [2.45, 2.75) is 96.6 Å². The molecule has 0 fully saturated rings. The van der Waals surface area contributed by atoms with Crippen molar-refractivity contribution in [2.24, 2.45) is 0 Å². The lowest BCUT2D eigenvalue weighted by Gasteiger charge is -2.14. The molecule has 0 saturated carbocycles. The zero-order chi connectivity index (χ0) is 23.8. The number of unbranched alkanes of at least 4 members (excludes halogenated alkanes) is 11. The van der Waals surface area contributed by atoms with Crippen molar-refractivity contribution in [1.29, 1.82) is 0 Å². The molecule has 4 nitrogen and oxygen atoms in total. The van der Waals surface area contributed by atoms with E-state index in [-0.39, 0.29) is 0 Å². The maximum atomic E-state index is 10.9. The molecule has 34 heavy (non-hydrogen) atoms. The molecule has 3 aromatic rings. The Balaban J connectivity index is 1.34. The molecule has 3 rings (SSSR count). The number of aliphatic hydroxyl groups is 1. The fourth-order valence-electron chi connectivity index (χ4n) is 4.37. The van der Waals surface area contributed by atoms with Crippen molar-refractivity contribution in [1.82, 2.24) is 9.55 Å². The van der Waals surface area contributed by atoms with Gasteiger partial charge in [0, 0.05) is 18.9 Å². The molecule has 0 aliphatic heterocycles. The van der Waals surface area contributed by atoms with Gasteiger partial charge >= 0.3 is 0 Å². The van der Waals surface area contributed by atoms with Gasteiger partial charge in [-0.05, 0) is 36.2 Å². The number of nitrogens with zero attached hydrogens (tertiary/aromatic N) is 2. The highest BCUT2D eigenvalue weighted by Gasteiger charge is 2.16. The van der Waals surface area contributed by atoms with Crippen LogP contribution in [-0.2, 0) is 6.54 Å². The zero-order valence-electron chi connectivity index (χ0n) is 20.9. The summed E-state index contributed by atoms with van der Waals surface area (Å²) in [7, 11) is 0. The van der Waals surface area contributed by atoms with E-state index in [1.165, 1.54) is 70.6 Å². The van der Waals surface area contributed by atoms with Crippen LogP contribution in [0.3, 0.4) is 0 Å². The highest BCUT2D eigenvalue weighted by atomic mass is 16.5. The van der Waals surface area contributed by atoms with Gasteiger partial charge in [-0.15, -0.1) is 0 Å². The molecule has 184 valence electrons. The van der Waals surface area contributed by atoms with E-state index >= 15 is 0 Å².